The van der Waals surface area contributed by atoms with Gasteiger partial charge in [0.05, 0.1) is 12.2 Å². The highest BCUT2D eigenvalue weighted by atomic mass is 16.5. The molecule has 0 spiro atoms. The lowest BCUT2D eigenvalue weighted by Crippen LogP contribution is -2.48. The third kappa shape index (κ3) is 3.72. The zero-order chi connectivity index (χ0) is 14.8. The van der Waals surface area contributed by atoms with E-state index in [2.05, 4.69) is 18.3 Å². The summed E-state index contributed by atoms with van der Waals surface area (Å²) in [6, 6.07) is 8.37. The topological polar surface area (TPSA) is 44.7 Å². The summed E-state index contributed by atoms with van der Waals surface area (Å²) in [5, 5.41) is 13.9. The molecule has 2 rings (SSSR count). The first kappa shape index (κ1) is 15.3. The molecule has 1 aromatic carbocycles. The average molecular weight is 278 g/mol. The Morgan fingerprint density at radius 1 is 1.40 bits per heavy atom. The molecule has 4 nitrogen and oxygen atoms in total. The van der Waals surface area contributed by atoms with E-state index < -0.39 is 5.60 Å². The van der Waals surface area contributed by atoms with Crippen molar-refractivity contribution >= 4 is 0 Å². The Hall–Kier alpha value is -1.10. The van der Waals surface area contributed by atoms with Crippen molar-refractivity contribution in [3.05, 3.63) is 29.8 Å². The summed E-state index contributed by atoms with van der Waals surface area (Å²) < 4.78 is 5.75. The zero-order valence-corrected chi connectivity index (χ0v) is 12.9. The molecule has 1 aliphatic heterocycles. The fourth-order valence-electron chi connectivity index (χ4n) is 2.87. The number of fused-ring (bicyclic) bond motifs is 1. The summed E-state index contributed by atoms with van der Waals surface area (Å²) in [5.74, 6) is 1.34. The maximum atomic E-state index is 10.4. The van der Waals surface area contributed by atoms with E-state index in [-0.39, 0.29) is 6.04 Å². The molecule has 1 aromatic rings. The summed E-state index contributed by atoms with van der Waals surface area (Å²) in [6.45, 7) is 5.96. The van der Waals surface area contributed by atoms with Crippen LogP contribution in [0.25, 0.3) is 0 Å². The second kappa shape index (κ2) is 6.12. The predicted molar refractivity (Wildman–Crippen MR) is 81.0 cm³/mol. The van der Waals surface area contributed by atoms with Gasteiger partial charge in [-0.3, -0.25) is 0 Å². The second-order valence-corrected chi connectivity index (χ2v) is 6.42. The molecule has 1 heterocycles. The maximum Gasteiger partial charge on any atom is 0.124 e. The lowest BCUT2D eigenvalue weighted by atomic mass is 9.91. The van der Waals surface area contributed by atoms with Crippen molar-refractivity contribution in [2.75, 3.05) is 33.8 Å². The van der Waals surface area contributed by atoms with Gasteiger partial charge in [0.25, 0.3) is 0 Å². The van der Waals surface area contributed by atoms with Gasteiger partial charge in [0.1, 0.15) is 5.75 Å². The Bertz CT molecular complexity index is 446. The van der Waals surface area contributed by atoms with Gasteiger partial charge < -0.3 is 20.1 Å². The van der Waals surface area contributed by atoms with Crippen molar-refractivity contribution in [3.63, 3.8) is 0 Å². The van der Waals surface area contributed by atoms with Crippen LogP contribution in [0, 0.1) is 5.92 Å². The number of para-hydroxylation sites is 1. The first-order valence-corrected chi connectivity index (χ1v) is 7.21. The number of hydrogen-bond acceptors (Lipinski definition) is 4. The van der Waals surface area contributed by atoms with Crippen LogP contribution in [0.2, 0.25) is 0 Å². The van der Waals surface area contributed by atoms with Gasteiger partial charge in [-0.05, 0) is 27.1 Å². The molecule has 20 heavy (non-hydrogen) atoms. The van der Waals surface area contributed by atoms with Gasteiger partial charge in [-0.15, -0.1) is 0 Å². The minimum atomic E-state index is -0.740. The highest BCUT2D eigenvalue weighted by molar-refractivity contribution is 5.37. The number of nitrogens with one attached hydrogen (secondary N) is 1. The van der Waals surface area contributed by atoms with E-state index in [1.807, 2.05) is 44.1 Å². The van der Waals surface area contributed by atoms with E-state index >= 15 is 0 Å². The van der Waals surface area contributed by atoms with Gasteiger partial charge in [-0.25, -0.2) is 0 Å². The molecule has 4 heteroatoms. The van der Waals surface area contributed by atoms with Crippen molar-refractivity contribution in [2.24, 2.45) is 5.92 Å². The number of aliphatic hydroxyl groups is 1. The molecule has 0 saturated carbocycles. The SMILES string of the molecule is CC1COc2ccccc2C1NCC(C)(O)CN(C)C. The Morgan fingerprint density at radius 3 is 2.80 bits per heavy atom. The van der Waals surface area contributed by atoms with Gasteiger partial charge in [0, 0.05) is 30.6 Å². The number of nitrogens with zero attached hydrogens (tertiary/aromatic N) is 1. The lowest BCUT2D eigenvalue weighted by molar-refractivity contribution is 0.0273. The standard InChI is InChI=1S/C16H26N2O2/c1-12-9-20-14-8-6-5-7-13(14)15(12)17-10-16(2,19)11-18(3)4/h5-8,12,15,17,19H,9-11H2,1-4H3. The Morgan fingerprint density at radius 2 is 2.10 bits per heavy atom. The van der Waals surface area contributed by atoms with Crippen LogP contribution in [-0.4, -0.2) is 49.4 Å². The average Bonchev–Trinajstić information content (AvgIpc) is 2.36. The number of ether oxygens (including phenoxy) is 1. The summed E-state index contributed by atoms with van der Waals surface area (Å²) in [6.07, 6.45) is 0. The summed E-state index contributed by atoms with van der Waals surface area (Å²) in [7, 11) is 3.95. The molecular formula is C16H26N2O2. The molecule has 112 valence electrons. The Kier molecular flexibility index (Phi) is 4.68. The van der Waals surface area contributed by atoms with Crippen LogP contribution in [0.15, 0.2) is 24.3 Å². The fourth-order valence-corrected chi connectivity index (χ4v) is 2.87. The summed E-state index contributed by atoms with van der Waals surface area (Å²) in [5.41, 5.74) is 0.447. The molecule has 0 radical (unpaired) electrons. The van der Waals surface area contributed by atoms with Crippen LogP contribution >= 0.6 is 0 Å². The van der Waals surface area contributed by atoms with Crippen molar-refractivity contribution < 1.29 is 9.84 Å². The van der Waals surface area contributed by atoms with Gasteiger partial charge in [0.2, 0.25) is 0 Å². The molecule has 2 N–H and O–H groups in total. The van der Waals surface area contributed by atoms with E-state index in [9.17, 15) is 5.11 Å². The van der Waals surface area contributed by atoms with Gasteiger partial charge >= 0.3 is 0 Å². The van der Waals surface area contributed by atoms with E-state index in [1.165, 1.54) is 5.56 Å². The van der Waals surface area contributed by atoms with Crippen LogP contribution in [0.5, 0.6) is 5.75 Å². The normalized spacial score (nSPS) is 24.9. The predicted octanol–water partition coefficient (Wildman–Crippen LogP) is 1.66. The number of hydrogen-bond donors (Lipinski definition) is 2. The van der Waals surface area contributed by atoms with Crippen molar-refractivity contribution in [2.45, 2.75) is 25.5 Å². The Labute approximate surface area is 121 Å². The van der Waals surface area contributed by atoms with E-state index in [0.29, 0.717) is 25.6 Å². The van der Waals surface area contributed by atoms with Crippen LogP contribution in [0.3, 0.4) is 0 Å². The number of likely N-dealkylation sites (N-methyl/N-ethyl adjacent to an activating group) is 1. The van der Waals surface area contributed by atoms with Crippen molar-refractivity contribution in [1.82, 2.24) is 10.2 Å². The minimum Gasteiger partial charge on any atom is -0.493 e. The highest BCUT2D eigenvalue weighted by Crippen LogP contribution is 2.35. The fraction of sp³-hybridized carbons (Fsp3) is 0.625. The number of rotatable bonds is 5. The van der Waals surface area contributed by atoms with Gasteiger partial charge in [0.15, 0.2) is 0 Å². The number of benzene rings is 1. The quantitative estimate of drug-likeness (QED) is 0.860. The summed E-state index contributed by atoms with van der Waals surface area (Å²) >= 11 is 0. The zero-order valence-electron chi connectivity index (χ0n) is 12.9. The molecule has 0 saturated heterocycles. The smallest absolute Gasteiger partial charge is 0.124 e. The first-order chi connectivity index (χ1) is 9.39. The van der Waals surface area contributed by atoms with Crippen LogP contribution in [0.1, 0.15) is 25.5 Å². The van der Waals surface area contributed by atoms with Gasteiger partial charge in [-0.2, -0.15) is 0 Å². The third-order valence-electron chi connectivity index (χ3n) is 3.68. The van der Waals surface area contributed by atoms with Crippen molar-refractivity contribution in [3.8, 4) is 5.75 Å². The second-order valence-electron chi connectivity index (χ2n) is 6.42. The lowest BCUT2D eigenvalue weighted by Gasteiger charge is -2.35. The summed E-state index contributed by atoms with van der Waals surface area (Å²) in [4.78, 5) is 2.00. The third-order valence-corrected chi connectivity index (χ3v) is 3.68. The van der Waals surface area contributed by atoms with E-state index in [1.54, 1.807) is 0 Å². The maximum absolute atomic E-state index is 10.4. The van der Waals surface area contributed by atoms with E-state index in [0.717, 1.165) is 5.75 Å². The highest BCUT2D eigenvalue weighted by Gasteiger charge is 2.30. The largest absolute Gasteiger partial charge is 0.493 e. The molecule has 1 aliphatic rings. The molecule has 0 aromatic heterocycles. The molecule has 0 aliphatic carbocycles. The Balaban J connectivity index is 2.05. The molecule has 0 amide bonds. The molecular weight excluding hydrogens is 252 g/mol. The first-order valence-electron chi connectivity index (χ1n) is 7.21. The molecule has 0 bridgehead atoms. The molecule has 0 fully saturated rings. The van der Waals surface area contributed by atoms with Crippen LogP contribution in [-0.2, 0) is 0 Å². The van der Waals surface area contributed by atoms with Crippen molar-refractivity contribution in [1.29, 1.82) is 0 Å². The monoisotopic (exact) mass is 278 g/mol. The molecule has 3 unspecified atom stereocenters. The van der Waals surface area contributed by atoms with Gasteiger partial charge in [-0.1, -0.05) is 25.1 Å². The minimum absolute atomic E-state index is 0.230. The molecule has 3 atom stereocenters. The van der Waals surface area contributed by atoms with Crippen LogP contribution in [0.4, 0.5) is 0 Å². The van der Waals surface area contributed by atoms with Crippen LogP contribution < -0.4 is 10.1 Å². The van der Waals surface area contributed by atoms with E-state index in [4.69, 9.17) is 4.74 Å².